The van der Waals surface area contributed by atoms with Crippen LogP contribution in [-0.2, 0) is 0 Å². The number of hydrogen-bond acceptors (Lipinski definition) is 2. The van der Waals surface area contributed by atoms with Crippen molar-refractivity contribution in [2.24, 2.45) is 0 Å². The SMILES string of the molecule is Cc1ccc(=O)n(-c2ccc(F)cc2)c1N. The van der Waals surface area contributed by atoms with Crippen LogP contribution in [0.2, 0.25) is 0 Å². The van der Waals surface area contributed by atoms with Crippen molar-refractivity contribution >= 4 is 5.82 Å². The Morgan fingerprint density at radius 2 is 1.75 bits per heavy atom. The van der Waals surface area contributed by atoms with Crippen LogP contribution < -0.4 is 11.3 Å². The summed E-state index contributed by atoms with van der Waals surface area (Å²) in [5.41, 5.74) is 6.97. The molecule has 0 saturated heterocycles. The molecule has 0 saturated carbocycles. The van der Waals surface area contributed by atoms with Crippen LogP contribution in [0.25, 0.3) is 5.69 Å². The van der Waals surface area contributed by atoms with E-state index in [1.54, 1.807) is 6.07 Å². The fourth-order valence-electron chi connectivity index (χ4n) is 1.51. The van der Waals surface area contributed by atoms with Gasteiger partial charge in [0.1, 0.15) is 11.6 Å². The van der Waals surface area contributed by atoms with Crippen LogP contribution in [-0.4, -0.2) is 4.57 Å². The van der Waals surface area contributed by atoms with E-state index in [-0.39, 0.29) is 11.4 Å². The lowest BCUT2D eigenvalue weighted by Crippen LogP contribution is -2.21. The number of aromatic nitrogens is 1. The van der Waals surface area contributed by atoms with Crippen LogP contribution in [0.1, 0.15) is 5.56 Å². The van der Waals surface area contributed by atoms with E-state index in [1.165, 1.54) is 34.9 Å². The second-order valence-corrected chi connectivity index (χ2v) is 3.55. The first kappa shape index (κ1) is 10.4. The van der Waals surface area contributed by atoms with Crippen LogP contribution in [0.5, 0.6) is 0 Å². The van der Waals surface area contributed by atoms with Crippen molar-refractivity contribution < 1.29 is 4.39 Å². The van der Waals surface area contributed by atoms with Gasteiger partial charge in [-0.15, -0.1) is 0 Å². The molecule has 2 rings (SSSR count). The van der Waals surface area contributed by atoms with Gasteiger partial charge in [0.2, 0.25) is 0 Å². The zero-order valence-corrected chi connectivity index (χ0v) is 8.77. The number of nitrogens with zero attached hydrogens (tertiary/aromatic N) is 1. The molecule has 2 N–H and O–H groups in total. The lowest BCUT2D eigenvalue weighted by atomic mass is 10.2. The third-order valence-corrected chi connectivity index (χ3v) is 2.43. The number of aryl methyl sites for hydroxylation is 1. The highest BCUT2D eigenvalue weighted by Gasteiger charge is 2.05. The molecule has 0 fully saturated rings. The van der Waals surface area contributed by atoms with Gasteiger partial charge in [-0.25, -0.2) is 4.39 Å². The molecule has 0 aliphatic carbocycles. The number of benzene rings is 1. The number of nitrogens with two attached hydrogens (primary N) is 1. The average molecular weight is 218 g/mol. The molecule has 0 amide bonds. The maximum atomic E-state index is 12.8. The minimum Gasteiger partial charge on any atom is -0.385 e. The fourth-order valence-corrected chi connectivity index (χ4v) is 1.51. The first-order valence-electron chi connectivity index (χ1n) is 4.83. The molecule has 0 radical (unpaired) electrons. The van der Waals surface area contributed by atoms with Gasteiger partial charge in [0.05, 0.1) is 5.69 Å². The Labute approximate surface area is 92.0 Å². The van der Waals surface area contributed by atoms with E-state index >= 15 is 0 Å². The van der Waals surface area contributed by atoms with E-state index in [2.05, 4.69) is 0 Å². The summed E-state index contributed by atoms with van der Waals surface area (Å²) in [6.07, 6.45) is 0. The van der Waals surface area contributed by atoms with Gasteiger partial charge in [0.25, 0.3) is 5.56 Å². The molecular formula is C12H11FN2O. The molecule has 3 nitrogen and oxygen atoms in total. The van der Waals surface area contributed by atoms with Crippen LogP contribution in [0, 0.1) is 12.7 Å². The van der Waals surface area contributed by atoms with E-state index in [9.17, 15) is 9.18 Å². The highest BCUT2D eigenvalue weighted by Crippen LogP contribution is 2.14. The number of halogens is 1. The first-order valence-corrected chi connectivity index (χ1v) is 4.83. The normalized spacial score (nSPS) is 10.4. The van der Waals surface area contributed by atoms with Crippen molar-refractivity contribution in [2.75, 3.05) is 5.73 Å². The van der Waals surface area contributed by atoms with Gasteiger partial charge in [-0.3, -0.25) is 9.36 Å². The quantitative estimate of drug-likeness (QED) is 0.794. The van der Waals surface area contributed by atoms with Gasteiger partial charge in [0.15, 0.2) is 0 Å². The maximum absolute atomic E-state index is 12.8. The predicted molar refractivity (Wildman–Crippen MR) is 61.1 cm³/mol. The topological polar surface area (TPSA) is 48.0 Å². The maximum Gasteiger partial charge on any atom is 0.256 e. The van der Waals surface area contributed by atoms with Crippen molar-refractivity contribution in [3.05, 3.63) is 58.1 Å². The van der Waals surface area contributed by atoms with E-state index in [0.717, 1.165) is 5.56 Å². The molecule has 0 aliphatic heterocycles. The van der Waals surface area contributed by atoms with Crippen molar-refractivity contribution in [3.63, 3.8) is 0 Å². The third-order valence-electron chi connectivity index (χ3n) is 2.43. The Balaban J connectivity index is 2.68. The molecule has 1 aromatic carbocycles. The standard InChI is InChI=1S/C12H11FN2O/c1-8-2-7-11(16)15(12(8)14)10-5-3-9(13)4-6-10/h2-7H,14H2,1H3. The zero-order valence-electron chi connectivity index (χ0n) is 8.77. The van der Waals surface area contributed by atoms with E-state index in [0.29, 0.717) is 11.5 Å². The molecular weight excluding hydrogens is 207 g/mol. The molecule has 1 heterocycles. The van der Waals surface area contributed by atoms with E-state index in [1.807, 2.05) is 6.92 Å². The molecule has 4 heteroatoms. The lowest BCUT2D eigenvalue weighted by molar-refractivity contribution is 0.627. The average Bonchev–Trinajstić information content (AvgIpc) is 2.27. The molecule has 1 aromatic heterocycles. The highest BCUT2D eigenvalue weighted by atomic mass is 19.1. The molecule has 0 bridgehead atoms. The van der Waals surface area contributed by atoms with Crippen molar-refractivity contribution in [1.82, 2.24) is 4.57 Å². The Morgan fingerprint density at radius 1 is 1.12 bits per heavy atom. The predicted octanol–water partition coefficient (Wildman–Crippen LogP) is 1.87. The molecule has 16 heavy (non-hydrogen) atoms. The van der Waals surface area contributed by atoms with Crippen LogP contribution in [0.4, 0.5) is 10.2 Å². The summed E-state index contributed by atoms with van der Waals surface area (Å²) >= 11 is 0. The van der Waals surface area contributed by atoms with Gasteiger partial charge in [-0.1, -0.05) is 6.07 Å². The fraction of sp³-hybridized carbons (Fsp3) is 0.0833. The summed E-state index contributed by atoms with van der Waals surface area (Å²) in [5, 5.41) is 0. The summed E-state index contributed by atoms with van der Waals surface area (Å²) in [6.45, 7) is 1.81. The van der Waals surface area contributed by atoms with E-state index in [4.69, 9.17) is 5.73 Å². The van der Waals surface area contributed by atoms with Gasteiger partial charge >= 0.3 is 0 Å². The number of hydrogen-bond donors (Lipinski definition) is 1. The molecule has 0 atom stereocenters. The Kier molecular flexibility index (Phi) is 2.48. The van der Waals surface area contributed by atoms with Crippen LogP contribution >= 0.6 is 0 Å². The van der Waals surface area contributed by atoms with Crippen molar-refractivity contribution in [1.29, 1.82) is 0 Å². The molecule has 0 unspecified atom stereocenters. The van der Waals surface area contributed by atoms with E-state index < -0.39 is 0 Å². The number of nitrogen functional groups attached to an aromatic ring is 1. The largest absolute Gasteiger partial charge is 0.385 e. The Morgan fingerprint density at radius 3 is 2.38 bits per heavy atom. The number of anilines is 1. The lowest BCUT2D eigenvalue weighted by Gasteiger charge is -2.11. The molecule has 0 spiro atoms. The molecule has 2 aromatic rings. The minimum absolute atomic E-state index is 0.227. The molecule has 82 valence electrons. The summed E-state index contributed by atoms with van der Waals surface area (Å²) in [5.74, 6) is 0.0298. The van der Waals surface area contributed by atoms with Crippen molar-refractivity contribution in [3.8, 4) is 5.69 Å². The highest BCUT2D eigenvalue weighted by molar-refractivity contribution is 5.47. The summed E-state index contributed by atoms with van der Waals surface area (Å²) < 4.78 is 14.1. The smallest absolute Gasteiger partial charge is 0.256 e. The first-order chi connectivity index (χ1) is 7.59. The van der Waals surface area contributed by atoms with Crippen LogP contribution in [0.15, 0.2) is 41.2 Å². The van der Waals surface area contributed by atoms with Gasteiger partial charge in [-0.05, 0) is 36.8 Å². The summed E-state index contributed by atoms with van der Waals surface area (Å²) in [6, 6.07) is 8.74. The second-order valence-electron chi connectivity index (χ2n) is 3.55. The Bertz CT molecular complexity index is 573. The third kappa shape index (κ3) is 1.69. The van der Waals surface area contributed by atoms with Gasteiger partial charge in [-0.2, -0.15) is 0 Å². The number of pyridine rings is 1. The number of rotatable bonds is 1. The second kappa shape index (κ2) is 3.81. The Hall–Kier alpha value is -2.10. The van der Waals surface area contributed by atoms with Crippen LogP contribution in [0.3, 0.4) is 0 Å². The monoisotopic (exact) mass is 218 g/mol. The van der Waals surface area contributed by atoms with Gasteiger partial charge < -0.3 is 5.73 Å². The van der Waals surface area contributed by atoms with Gasteiger partial charge in [0, 0.05) is 6.07 Å². The summed E-state index contributed by atoms with van der Waals surface area (Å²) in [7, 11) is 0. The summed E-state index contributed by atoms with van der Waals surface area (Å²) in [4.78, 5) is 11.7. The van der Waals surface area contributed by atoms with Crippen molar-refractivity contribution in [2.45, 2.75) is 6.92 Å². The minimum atomic E-state index is -0.344. The zero-order chi connectivity index (χ0) is 11.7. The molecule has 0 aliphatic rings.